The first-order valence-electron chi connectivity index (χ1n) is 9.48. The van der Waals surface area contributed by atoms with Crippen LogP contribution in [-0.4, -0.2) is 25.5 Å². The molecule has 0 aliphatic rings. The van der Waals surface area contributed by atoms with E-state index in [0.717, 1.165) is 11.1 Å². The number of aryl methyl sites for hydroxylation is 1. The quantitative estimate of drug-likeness (QED) is 0.423. The summed E-state index contributed by atoms with van der Waals surface area (Å²) in [5.41, 5.74) is 2.13. The third-order valence-electron chi connectivity index (χ3n) is 4.54. The second kappa shape index (κ2) is 9.24. The maximum absolute atomic E-state index is 12.5. The van der Waals surface area contributed by atoms with Crippen LogP contribution in [-0.2, 0) is 13.3 Å². The van der Waals surface area contributed by atoms with Gasteiger partial charge in [-0.15, -0.1) is 0 Å². The first-order chi connectivity index (χ1) is 15.0. The Bertz CT molecular complexity index is 1220. The number of ether oxygens (including phenoxy) is 1. The van der Waals surface area contributed by atoms with Crippen LogP contribution in [0.4, 0.5) is 5.82 Å². The smallest absolute Gasteiger partial charge is 0.277 e. The van der Waals surface area contributed by atoms with Gasteiger partial charge in [0.2, 0.25) is 0 Å². The highest BCUT2D eigenvalue weighted by atomic mass is 35.5. The van der Waals surface area contributed by atoms with Crippen LogP contribution in [0.3, 0.4) is 0 Å². The van der Waals surface area contributed by atoms with Crippen molar-refractivity contribution in [1.82, 2.24) is 19.6 Å². The van der Waals surface area contributed by atoms with Crippen molar-refractivity contribution in [2.45, 2.75) is 20.2 Å². The van der Waals surface area contributed by atoms with E-state index >= 15 is 0 Å². The van der Waals surface area contributed by atoms with Gasteiger partial charge in [-0.2, -0.15) is 10.2 Å². The van der Waals surface area contributed by atoms with Gasteiger partial charge in [-0.25, -0.2) is 4.68 Å². The van der Waals surface area contributed by atoms with Crippen LogP contribution in [0.5, 0.6) is 5.75 Å². The number of anilines is 1. The maximum atomic E-state index is 12.5. The Balaban J connectivity index is 1.34. The molecule has 0 aliphatic carbocycles. The molecule has 4 rings (SSSR count). The molecule has 2 heterocycles. The lowest BCUT2D eigenvalue weighted by molar-refractivity contribution is 0.101. The van der Waals surface area contributed by atoms with Crippen LogP contribution in [0.1, 0.15) is 21.6 Å². The zero-order chi connectivity index (χ0) is 21.8. The van der Waals surface area contributed by atoms with Crippen molar-refractivity contribution in [1.29, 1.82) is 0 Å². The highest BCUT2D eigenvalue weighted by molar-refractivity contribution is 6.31. The fourth-order valence-corrected chi connectivity index (χ4v) is 3.21. The molecule has 9 heteroatoms. The number of halogens is 2. The van der Waals surface area contributed by atoms with E-state index in [1.54, 1.807) is 41.3 Å². The number of benzene rings is 2. The Morgan fingerprint density at radius 1 is 1.00 bits per heavy atom. The molecular weight excluding hydrogens is 437 g/mol. The number of nitrogens with zero attached hydrogens (tertiary/aromatic N) is 4. The van der Waals surface area contributed by atoms with Gasteiger partial charge in [-0.1, -0.05) is 41.4 Å². The van der Waals surface area contributed by atoms with Gasteiger partial charge in [0.05, 0.1) is 6.54 Å². The fourth-order valence-electron chi connectivity index (χ4n) is 2.90. The summed E-state index contributed by atoms with van der Waals surface area (Å²) in [7, 11) is 0. The van der Waals surface area contributed by atoms with E-state index in [1.807, 2.05) is 37.3 Å². The van der Waals surface area contributed by atoms with Gasteiger partial charge in [-0.3, -0.25) is 9.48 Å². The minimum Gasteiger partial charge on any atom is -0.471 e. The van der Waals surface area contributed by atoms with Gasteiger partial charge < -0.3 is 10.1 Å². The predicted molar refractivity (Wildman–Crippen MR) is 120 cm³/mol. The van der Waals surface area contributed by atoms with Gasteiger partial charge in [0, 0.05) is 28.5 Å². The minimum absolute atomic E-state index is 0.167. The summed E-state index contributed by atoms with van der Waals surface area (Å²) in [6.07, 6.45) is 3.45. The first kappa shape index (κ1) is 21.0. The molecule has 0 aliphatic heterocycles. The van der Waals surface area contributed by atoms with Crippen molar-refractivity contribution < 1.29 is 9.53 Å². The van der Waals surface area contributed by atoms with E-state index in [1.165, 1.54) is 4.68 Å². The summed E-state index contributed by atoms with van der Waals surface area (Å²) in [6, 6.07) is 16.3. The summed E-state index contributed by atoms with van der Waals surface area (Å²) in [5, 5.41) is 12.7. The van der Waals surface area contributed by atoms with Crippen molar-refractivity contribution in [2.24, 2.45) is 0 Å². The van der Waals surface area contributed by atoms with Crippen LogP contribution >= 0.6 is 23.2 Å². The summed E-state index contributed by atoms with van der Waals surface area (Å²) in [6.45, 7) is 2.58. The lowest BCUT2D eigenvalue weighted by Crippen LogP contribution is -2.15. The second-order valence-electron chi connectivity index (χ2n) is 6.87. The molecule has 0 unspecified atom stereocenters. The SMILES string of the molecule is Cc1cc(OCn2ccc(C(=O)Nc3ccn(Cc4ccccc4Cl)n3)n2)ccc1Cl. The van der Waals surface area contributed by atoms with E-state index in [0.29, 0.717) is 28.2 Å². The molecule has 158 valence electrons. The molecular formula is C22H19Cl2N5O2. The topological polar surface area (TPSA) is 74.0 Å². The molecule has 2 aromatic carbocycles. The van der Waals surface area contributed by atoms with E-state index in [2.05, 4.69) is 15.5 Å². The van der Waals surface area contributed by atoms with Crippen LogP contribution in [0.25, 0.3) is 0 Å². The number of aromatic nitrogens is 4. The van der Waals surface area contributed by atoms with Crippen molar-refractivity contribution in [3.8, 4) is 5.75 Å². The number of nitrogens with one attached hydrogen (secondary N) is 1. The Morgan fingerprint density at radius 3 is 2.61 bits per heavy atom. The third-order valence-corrected chi connectivity index (χ3v) is 5.33. The first-order valence-corrected chi connectivity index (χ1v) is 10.2. The molecule has 7 nitrogen and oxygen atoms in total. The van der Waals surface area contributed by atoms with Crippen molar-refractivity contribution in [3.05, 3.63) is 93.9 Å². The standard InChI is InChI=1S/C22H19Cl2N5O2/c1-15-12-17(6-7-18(15)23)31-14-29-10-8-20(26-29)22(30)25-21-9-11-28(27-21)13-16-4-2-3-5-19(16)24/h2-12H,13-14H2,1H3,(H,25,27,30). The molecule has 0 atom stereocenters. The number of carbonyl (C=O) groups is 1. The molecule has 31 heavy (non-hydrogen) atoms. The molecule has 0 saturated carbocycles. The monoisotopic (exact) mass is 455 g/mol. The van der Waals surface area contributed by atoms with Crippen LogP contribution in [0.2, 0.25) is 10.0 Å². The Kier molecular flexibility index (Phi) is 6.25. The molecule has 0 spiro atoms. The highest BCUT2D eigenvalue weighted by Gasteiger charge is 2.12. The van der Waals surface area contributed by atoms with Crippen LogP contribution in [0, 0.1) is 6.92 Å². The maximum Gasteiger partial charge on any atom is 0.277 e. The van der Waals surface area contributed by atoms with Gasteiger partial charge in [0.1, 0.15) is 5.75 Å². The number of hydrogen-bond acceptors (Lipinski definition) is 4. The summed E-state index contributed by atoms with van der Waals surface area (Å²) >= 11 is 12.2. The zero-order valence-corrected chi connectivity index (χ0v) is 18.1. The number of rotatable bonds is 7. The van der Waals surface area contributed by atoms with E-state index in [-0.39, 0.29) is 18.3 Å². The van der Waals surface area contributed by atoms with Gasteiger partial charge in [0.15, 0.2) is 18.2 Å². The summed E-state index contributed by atoms with van der Waals surface area (Å²) < 4.78 is 8.93. The minimum atomic E-state index is -0.357. The Hall–Kier alpha value is -3.29. The van der Waals surface area contributed by atoms with Gasteiger partial charge in [0.25, 0.3) is 5.91 Å². The van der Waals surface area contributed by atoms with Crippen molar-refractivity contribution in [3.63, 3.8) is 0 Å². The largest absolute Gasteiger partial charge is 0.471 e. The van der Waals surface area contributed by atoms with Crippen LogP contribution < -0.4 is 10.1 Å². The molecule has 0 fully saturated rings. The van der Waals surface area contributed by atoms with Gasteiger partial charge in [-0.05, 0) is 48.4 Å². The number of amides is 1. The lowest BCUT2D eigenvalue weighted by Gasteiger charge is -2.07. The Labute approximate surface area is 189 Å². The fraction of sp³-hybridized carbons (Fsp3) is 0.136. The molecule has 2 aromatic heterocycles. The zero-order valence-electron chi connectivity index (χ0n) is 16.6. The molecule has 1 amide bonds. The second-order valence-corrected chi connectivity index (χ2v) is 7.68. The average Bonchev–Trinajstić information content (AvgIpc) is 3.40. The molecule has 1 N–H and O–H groups in total. The molecule has 0 saturated heterocycles. The number of hydrogen-bond donors (Lipinski definition) is 1. The predicted octanol–water partition coefficient (Wildman–Crippen LogP) is 5.03. The lowest BCUT2D eigenvalue weighted by atomic mass is 10.2. The highest BCUT2D eigenvalue weighted by Crippen LogP contribution is 2.21. The molecule has 0 radical (unpaired) electrons. The van der Waals surface area contributed by atoms with E-state index in [9.17, 15) is 4.79 Å². The number of carbonyl (C=O) groups excluding carboxylic acids is 1. The normalized spacial score (nSPS) is 10.8. The average molecular weight is 456 g/mol. The summed E-state index contributed by atoms with van der Waals surface area (Å²) in [5.74, 6) is 0.746. The van der Waals surface area contributed by atoms with E-state index in [4.69, 9.17) is 27.9 Å². The van der Waals surface area contributed by atoms with Gasteiger partial charge >= 0.3 is 0 Å². The third kappa shape index (κ3) is 5.25. The van der Waals surface area contributed by atoms with Crippen molar-refractivity contribution in [2.75, 3.05) is 5.32 Å². The summed E-state index contributed by atoms with van der Waals surface area (Å²) in [4.78, 5) is 12.5. The Morgan fingerprint density at radius 2 is 1.81 bits per heavy atom. The van der Waals surface area contributed by atoms with Crippen molar-refractivity contribution >= 4 is 34.9 Å². The molecule has 0 bridgehead atoms. The van der Waals surface area contributed by atoms with E-state index < -0.39 is 0 Å². The molecule has 4 aromatic rings. The van der Waals surface area contributed by atoms with Crippen LogP contribution in [0.15, 0.2) is 67.0 Å².